The first-order valence-corrected chi connectivity index (χ1v) is 5.91. The summed E-state index contributed by atoms with van der Waals surface area (Å²) in [4.78, 5) is 32.7. The normalized spacial score (nSPS) is 9.37. The molecule has 108 valence electrons. The molecule has 7 nitrogen and oxygen atoms in total. The number of hydrogen-bond donors (Lipinski definition) is 2. The standard InChI is InChI=1S/C12H20N2O5/c1-9(2)11(16)19-8-6-14-12(17)13-5-4-7-18-10(3)15/h1,4-8H2,2-3H3,(H2,13,14,17). The smallest absolute Gasteiger partial charge is 0.333 e. The SMILES string of the molecule is C=C(C)C(=O)OCCNC(=O)NCCCOC(C)=O. The molecule has 19 heavy (non-hydrogen) atoms. The van der Waals surface area contributed by atoms with Crippen molar-refractivity contribution in [2.45, 2.75) is 20.3 Å². The van der Waals surface area contributed by atoms with Gasteiger partial charge in [0, 0.05) is 19.0 Å². The molecule has 0 aliphatic carbocycles. The van der Waals surface area contributed by atoms with Gasteiger partial charge in [-0.3, -0.25) is 4.79 Å². The van der Waals surface area contributed by atoms with Crippen LogP contribution in [0.1, 0.15) is 20.3 Å². The largest absolute Gasteiger partial charge is 0.466 e. The Balaban J connectivity index is 3.42. The summed E-state index contributed by atoms with van der Waals surface area (Å²) in [6.07, 6.45) is 0.539. The maximum atomic E-state index is 11.2. The molecule has 0 saturated carbocycles. The number of ether oxygens (including phenoxy) is 2. The van der Waals surface area contributed by atoms with E-state index in [0.29, 0.717) is 18.5 Å². The molecule has 2 amide bonds. The second kappa shape index (κ2) is 9.93. The molecule has 0 radical (unpaired) electrons. The number of esters is 2. The van der Waals surface area contributed by atoms with E-state index in [-0.39, 0.29) is 31.8 Å². The van der Waals surface area contributed by atoms with E-state index in [1.165, 1.54) is 6.92 Å². The molecule has 0 atom stereocenters. The number of carbonyl (C=O) groups is 3. The van der Waals surface area contributed by atoms with Crippen molar-refractivity contribution in [3.8, 4) is 0 Å². The topological polar surface area (TPSA) is 93.7 Å². The molecule has 7 heteroatoms. The van der Waals surface area contributed by atoms with E-state index in [2.05, 4.69) is 17.2 Å². The molecular weight excluding hydrogens is 252 g/mol. The maximum absolute atomic E-state index is 11.2. The average Bonchev–Trinajstić information content (AvgIpc) is 2.33. The molecule has 0 rings (SSSR count). The van der Waals surface area contributed by atoms with Crippen LogP contribution < -0.4 is 10.6 Å². The van der Waals surface area contributed by atoms with Gasteiger partial charge in [-0.1, -0.05) is 6.58 Å². The van der Waals surface area contributed by atoms with E-state index in [0.717, 1.165) is 0 Å². The summed E-state index contributed by atoms with van der Waals surface area (Å²) in [6.45, 7) is 7.27. The summed E-state index contributed by atoms with van der Waals surface area (Å²) in [5, 5.41) is 5.08. The van der Waals surface area contributed by atoms with E-state index in [4.69, 9.17) is 9.47 Å². The fraction of sp³-hybridized carbons (Fsp3) is 0.583. The predicted octanol–water partition coefficient (Wildman–Crippen LogP) is 0.358. The Hall–Kier alpha value is -2.05. The number of nitrogens with one attached hydrogen (secondary N) is 2. The predicted molar refractivity (Wildman–Crippen MR) is 68.4 cm³/mol. The molecule has 0 aromatic heterocycles. The van der Waals surface area contributed by atoms with E-state index in [9.17, 15) is 14.4 Å². The molecule has 0 saturated heterocycles. The minimum atomic E-state index is -0.483. The Kier molecular flexibility index (Phi) is 8.86. The summed E-state index contributed by atoms with van der Waals surface area (Å²) in [5.41, 5.74) is 0.315. The van der Waals surface area contributed by atoms with Crippen molar-refractivity contribution in [3.63, 3.8) is 0 Å². The van der Waals surface area contributed by atoms with Gasteiger partial charge < -0.3 is 20.1 Å². The number of rotatable bonds is 8. The third-order valence-corrected chi connectivity index (χ3v) is 1.88. The second-order valence-electron chi connectivity index (χ2n) is 3.79. The van der Waals surface area contributed by atoms with Crippen molar-refractivity contribution in [1.29, 1.82) is 0 Å². The molecule has 2 N–H and O–H groups in total. The van der Waals surface area contributed by atoms with Crippen molar-refractivity contribution in [3.05, 3.63) is 12.2 Å². The van der Waals surface area contributed by atoms with Crippen molar-refractivity contribution in [2.75, 3.05) is 26.3 Å². The molecule has 0 spiro atoms. The minimum absolute atomic E-state index is 0.0898. The monoisotopic (exact) mass is 272 g/mol. The Labute approximate surface area is 112 Å². The summed E-state index contributed by atoms with van der Waals surface area (Å²) >= 11 is 0. The first kappa shape index (κ1) is 16.9. The Morgan fingerprint density at radius 2 is 1.63 bits per heavy atom. The van der Waals surface area contributed by atoms with Gasteiger partial charge >= 0.3 is 18.0 Å². The van der Waals surface area contributed by atoms with Crippen molar-refractivity contribution >= 4 is 18.0 Å². The van der Waals surface area contributed by atoms with Crippen LogP contribution in [-0.2, 0) is 19.1 Å². The lowest BCUT2D eigenvalue weighted by molar-refractivity contribution is -0.141. The molecule has 0 aromatic rings. The van der Waals surface area contributed by atoms with Crippen LogP contribution in [0.3, 0.4) is 0 Å². The van der Waals surface area contributed by atoms with Gasteiger partial charge in [0.2, 0.25) is 0 Å². The van der Waals surface area contributed by atoms with Gasteiger partial charge in [-0.2, -0.15) is 0 Å². The lowest BCUT2D eigenvalue weighted by Gasteiger charge is -2.08. The highest BCUT2D eigenvalue weighted by atomic mass is 16.5. The van der Waals surface area contributed by atoms with Crippen LogP contribution in [0, 0.1) is 0 Å². The minimum Gasteiger partial charge on any atom is -0.466 e. The van der Waals surface area contributed by atoms with Crippen LogP contribution in [0.4, 0.5) is 4.79 Å². The first-order chi connectivity index (χ1) is 8.93. The fourth-order valence-corrected chi connectivity index (χ4v) is 0.984. The highest BCUT2D eigenvalue weighted by Crippen LogP contribution is 1.90. The van der Waals surface area contributed by atoms with E-state index < -0.39 is 5.97 Å². The maximum Gasteiger partial charge on any atom is 0.333 e. The summed E-state index contributed by atoms with van der Waals surface area (Å²) in [7, 11) is 0. The van der Waals surface area contributed by atoms with Gasteiger partial charge in [-0.15, -0.1) is 0 Å². The molecule has 0 aliphatic rings. The molecule has 0 heterocycles. The molecule has 0 bridgehead atoms. The van der Waals surface area contributed by atoms with E-state index in [1.807, 2.05) is 0 Å². The molecule has 0 fully saturated rings. The molecule has 0 aromatic carbocycles. The van der Waals surface area contributed by atoms with Crippen LogP contribution in [0.15, 0.2) is 12.2 Å². The number of urea groups is 1. The Morgan fingerprint density at radius 3 is 2.21 bits per heavy atom. The second-order valence-corrected chi connectivity index (χ2v) is 3.79. The fourth-order valence-electron chi connectivity index (χ4n) is 0.984. The average molecular weight is 272 g/mol. The zero-order valence-electron chi connectivity index (χ0n) is 11.3. The van der Waals surface area contributed by atoms with Crippen LogP contribution >= 0.6 is 0 Å². The van der Waals surface area contributed by atoms with Crippen LogP contribution in [-0.4, -0.2) is 44.3 Å². The van der Waals surface area contributed by atoms with Crippen LogP contribution in [0.5, 0.6) is 0 Å². The third kappa shape index (κ3) is 10.8. The van der Waals surface area contributed by atoms with Gasteiger partial charge in [0.15, 0.2) is 0 Å². The summed E-state index contributed by atoms with van der Waals surface area (Å²) in [6, 6.07) is -0.366. The van der Waals surface area contributed by atoms with Crippen molar-refractivity contribution < 1.29 is 23.9 Å². The number of hydrogen-bond acceptors (Lipinski definition) is 5. The van der Waals surface area contributed by atoms with Crippen LogP contribution in [0.2, 0.25) is 0 Å². The van der Waals surface area contributed by atoms with Crippen molar-refractivity contribution in [1.82, 2.24) is 10.6 Å². The van der Waals surface area contributed by atoms with Gasteiger partial charge in [0.05, 0.1) is 13.2 Å². The Morgan fingerprint density at radius 1 is 1.00 bits per heavy atom. The highest BCUT2D eigenvalue weighted by molar-refractivity contribution is 5.86. The molecule has 0 aliphatic heterocycles. The lowest BCUT2D eigenvalue weighted by atomic mass is 10.4. The quantitative estimate of drug-likeness (QED) is 0.378. The van der Waals surface area contributed by atoms with Crippen LogP contribution in [0.25, 0.3) is 0 Å². The molecular formula is C12H20N2O5. The van der Waals surface area contributed by atoms with Gasteiger partial charge in [-0.25, -0.2) is 9.59 Å². The molecule has 0 unspecified atom stereocenters. The first-order valence-electron chi connectivity index (χ1n) is 5.91. The van der Waals surface area contributed by atoms with E-state index >= 15 is 0 Å². The van der Waals surface area contributed by atoms with Crippen molar-refractivity contribution in [2.24, 2.45) is 0 Å². The van der Waals surface area contributed by atoms with E-state index in [1.54, 1.807) is 6.92 Å². The van der Waals surface area contributed by atoms with Gasteiger partial charge in [-0.05, 0) is 13.3 Å². The zero-order chi connectivity index (χ0) is 14.7. The van der Waals surface area contributed by atoms with Gasteiger partial charge in [0.1, 0.15) is 6.61 Å². The number of carbonyl (C=O) groups excluding carboxylic acids is 3. The lowest BCUT2D eigenvalue weighted by Crippen LogP contribution is -2.38. The summed E-state index contributed by atoms with van der Waals surface area (Å²) < 4.78 is 9.48. The Bertz CT molecular complexity index is 341. The summed E-state index contributed by atoms with van der Waals surface area (Å²) in [5.74, 6) is -0.827. The third-order valence-electron chi connectivity index (χ3n) is 1.88. The highest BCUT2D eigenvalue weighted by Gasteiger charge is 2.03. The van der Waals surface area contributed by atoms with Gasteiger partial charge in [0.25, 0.3) is 0 Å². The number of amides is 2. The zero-order valence-corrected chi connectivity index (χ0v) is 11.3.